The van der Waals surface area contributed by atoms with Crippen molar-refractivity contribution < 1.29 is 0 Å². The fourth-order valence-corrected chi connectivity index (χ4v) is 1.26. The van der Waals surface area contributed by atoms with Gasteiger partial charge in [0.15, 0.2) is 0 Å². The molecule has 0 aromatic heterocycles. The van der Waals surface area contributed by atoms with Crippen LogP contribution in [0.25, 0.3) is 3.58 Å². The molecule has 0 fully saturated rings. The summed E-state index contributed by atoms with van der Waals surface area (Å²) in [6, 6.07) is 8.29. The third kappa shape index (κ3) is 2.49. The van der Waals surface area contributed by atoms with Crippen molar-refractivity contribution in [3.63, 3.8) is 0 Å². The molecule has 0 N–H and O–H groups in total. The summed E-state index contributed by atoms with van der Waals surface area (Å²) in [5, 5.41) is 0. The fourth-order valence-electron chi connectivity index (χ4n) is 0.776. The highest BCUT2D eigenvalue weighted by Crippen LogP contribution is 2.22. The normalized spacial score (nSPS) is 11.7. The zero-order valence-corrected chi connectivity index (χ0v) is 9.06. The molecule has 1 rings (SSSR count). The van der Waals surface area contributed by atoms with E-state index in [2.05, 4.69) is 53.8 Å². The monoisotopic (exact) mass is 278 g/mol. The van der Waals surface area contributed by atoms with E-state index < -0.39 is 0 Å². The molecule has 1 aromatic rings. The van der Waals surface area contributed by atoms with Gasteiger partial charge in [-0.2, -0.15) is 0 Å². The van der Waals surface area contributed by atoms with Gasteiger partial charge in [0.25, 0.3) is 0 Å². The standard InChI is InChI=1S/C9H8ClI/c1-7-2-4-8(5-3-7)9(11)6-10/h2-6H,1H3/b9-6-. The van der Waals surface area contributed by atoms with Crippen LogP contribution in [0.2, 0.25) is 0 Å². The van der Waals surface area contributed by atoms with Crippen LogP contribution in [0.5, 0.6) is 0 Å². The average Bonchev–Trinajstić information content (AvgIpc) is 2.05. The summed E-state index contributed by atoms with van der Waals surface area (Å²) >= 11 is 7.77. The van der Waals surface area contributed by atoms with E-state index in [-0.39, 0.29) is 0 Å². The highest BCUT2D eigenvalue weighted by Gasteiger charge is 1.93. The maximum atomic E-state index is 5.56. The summed E-state index contributed by atoms with van der Waals surface area (Å²) in [5.74, 6) is 0. The van der Waals surface area contributed by atoms with Crippen LogP contribution in [0.3, 0.4) is 0 Å². The van der Waals surface area contributed by atoms with Gasteiger partial charge in [0.1, 0.15) is 0 Å². The van der Waals surface area contributed by atoms with Crippen LogP contribution in [0.15, 0.2) is 29.8 Å². The van der Waals surface area contributed by atoms with Crippen molar-refractivity contribution in [3.8, 4) is 0 Å². The van der Waals surface area contributed by atoms with Gasteiger partial charge in [-0.05, 0) is 35.1 Å². The van der Waals surface area contributed by atoms with Gasteiger partial charge in [0, 0.05) is 9.12 Å². The first-order valence-corrected chi connectivity index (χ1v) is 4.78. The van der Waals surface area contributed by atoms with Crippen molar-refractivity contribution in [3.05, 3.63) is 40.9 Å². The molecular formula is C9H8ClI. The average molecular weight is 279 g/mol. The molecule has 0 atom stereocenters. The zero-order chi connectivity index (χ0) is 8.27. The van der Waals surface area contributed by atoms with Crippen molar-refractivity contribution in [1.82, 2.24) is 0 Å². The van der Waals surface area contributed by atoms with Crippen LogP contribution in [0, 0.1) is 6.92 Å². The Bertz CT molecular complexity index is 261. The highest BCUT2D eigenvalue weighted by molar-refractivity contribution is 14.1. The number of benzene rings is 1. The van der Waals surface area contributed by atoms with Gasteiger partial charge in [-0.1, -0.05) is 41.4 Å². The van der Waals surface area contributed by atoms with Crippen LogP contribution >= 0.6 is 34.2 Å². The Hall–Kier alpha value is -0.0200. The minimum Gasteiger partial charge on any atom is -0.0918 e. The Kier molecular flexibility index (Phi) is 3.40. The predicted molar refractivity (Wildman–Crippen MR) is 59.0 cm³/mol. The van der Waals surface area contributed by atoms with Gasteiger partial charge < -0.3 is 0 Å². The van der Waals surface area contributed by atoms with Crippen LogP contribution in [-0.4, -0.2) is 0 Å². The number of hydrogen-bond donors (Lipinski definition) is 0. The van der Waals surface area contributed by atoms with Gasteiger partial charge in [-0.25, -0.2) is 0 Å². The summed E-state index contributed by atoms with van der Waals surface area (Å²) < 4.78 is 1.07. The van der Waals surface area contributed by atoms with Gasteiger partial charge in [-0.3, -0.25) is 0 Å². The predicted octanol–water partition coefficient (Wildman–Crippen LogP) is 3.97. The van der Waals surface area contributed by atoms with Crippen molar-refractivity contribution in [1.29, 1.82) is 0 Å². The summed E-state index contributed by atoms with van der Waals surface area (Å²) in [7, 11) is 0. The first-order valence-electron chi connectivity index (χ1n) is 3.27. The van der Waals surface area contributed by atoms with E-state index >= 15 is 0 Å². The number of halogens is 2. The zero-order valence-electron chi connectivity index (χ0n) is 6.14. The molecule has 0 radical (unpaired) electrons. The molecular weight excluding hydrogens is 270 g/mol. The Morgan fingerprint density at radius 1 is 1.36 bits per heavy atom. The lowest BCUT2D eigenvalue weighted by atomic mass is 10.1. The summed E-state index contributed by atoms with van der Waals surface area (Å²) in [4.78, 5) is 0. The quantitative estimate of drug-likeness (QED) is 0.682. The van der Waals surface area contributed by atoms with E-state index in [0.29, 0.717) is 0 Å². The van der Waals surface area contributed by atoms with Crippen LogP contribution in [-0.2, 0) is 0 Å². The van der Waals surface area contributed by atoms with Gasteiger partial charge in [0.05, 0.1) is 0 Å². The molecule has 0 aliphatic rings. The van der Waals surface area contributed by atoms with E-state index in [9.17, 15) is 0 Å². The van der Waals surface area contributed by atoms with Gasteiger partial charge in [0.2, 0.25) is 0 Å². The largest absolute Gasteiger partial charge is 0.0918 e. The maximum Gasteiger partial charge on any atom is 0.0315 e. The van der Waals surface area contributed by atoms with E-state index in [4.69, 9.17) is 11.6 Å². The Morgan fingerprint density at radius 2 is 1.91 bits per heavy atom. The summed E-state index contributed by atoms with van der Waals surface area (Å²) in [6.45, 7) is 2.07. The second-order valence-corrected chi connectivity index (χ2v) is 3.70. The number of hydrogen-bond acceptors (Lipinski definition) is 0. The lowest BCUT2D eigenvalue weighted by Crippen LogP contribution is -1.75. The van der Waals surface area contributed by atoms with Crippen molar-refractivity contribution in [2.45, 2.75) is 6.92 Å². The second-order valence-electron chi connectivity index (χ2n) is 2.32. The SMILES string of the molecule is Cc1ccc(/C(I)=C/Cl)cc1. The summed E-state index contributed by atoms with van der Waals surface area (Å²) in [5.41, 5.74) is 4.03. The smallest absolute Gasteiger partial charge is 0.0315 e. The molecule has 0 nitrogen and oxygen atoms in total. The molecule has 58 valence electrons. The fraction of sp³-hybridized carbons (Fsp3) is 0.111. The highest BCUT2D eigenvalue weighted by atomic mass is 127. The van der Waals surface area contributed by atoms with E-state index in [1.54, 1.807) is 5.54 Å². The molecule has 11 heavy (non-hydrogen) atoms. The molecule has 0 spiro atoms. The number of rotatable bonds is 1. The maximum absolute atomic E-state index is 5.56. The van der Waals surface area contributed by atoms with Crippen LogP contribution in [0.4, 0.5) is 0 Å². The first kappa shape index (κ1) is 9.07. The Labute approximate surface area is 85.4 Å². The van der Waals surface area contributed by atoms with E-state index in [1.807, 2.05) is 0 Å². The molecule has 0 unspecified atom stereocenters. The molecule has 0 saturated carbocycles. The van der Waals surface area contributed by atoms with Crippen molar-refractivity contribution in [2.75, 3.05) is 0 Å². The minimum absolute atomic E-state index is 1.07. The molecule has 0 aliphatic heterocycles. The molecule has 0 saturated heterocycles. The van der Waals surface area contributed by atoms with Crippen molar-refractivity contribution >= 4 is 37.8 Å². The lowest BCUT2D eigenvalue weighted by molar-refractivity contribution is 1.46. The van der Waals surface area contributed by atoms with E-state index in [1.165, 1.54) is 11.1 Å². The van der Waals surface area contributed by atoms with Crippen LogP contribution < -0.4 is 0 Å². The molecule has 1 aromatic carbocycles. The third-order valence-electron chi connectivity index (χ3n) is 1.42. The van der Waals surface area contributed by atoms with Gasteiger partial charge >= 0.3 is 0 Å². The second kappa shape index (κ2) is 4.12. The topological polar surface area (TPSA) is 0 Å². The molecule has 0 aliphatic carbocycles. The molecule has 2 heteroatoms. The minimum atomic E-state index is 1.07. The van der Waals surface area contributed by atoms with Crippen LogP contribution in [0.1, 0.15) is 11.1 Å². The molecule has 0 bridgehead atoms. The molecule has 0 amide bonds. The molecule has 0 heterocycles. The summed E-state index contributed by atoms with van der Waals surface area (Å²) in [6.07, 6.45) is 0. The van der Waals surface area contributed by atoms with Gasteiger partial charge in [-0.15, -0.1) is 0 Å². The number of aryl methyl sites for hydroxylation is 1. The van der Waals surface area contributed by atoms with Crippen molar-refractivity contribution in [2.24, 2.45) is 0 Å². The third-order valence-corrected chi connectivity index (χ3v) is 2.94. The first-order chi connectivity index (χ1) is 5.24. The lowest BCUT2D eigenvalue weighted by Gasteiger charge is -1.97. The Balaban J connectivity index is 2.99. The van der Waals surface area contributed by atoms with E-state index in [0.717, 1.165) is 3.58 Å². The Morgan fingerprint density at radius 3 is 2.36 bits per heavy atom.